The minimum absolute atomic E-state index is 0.138. The van der Waals surface area contributed by atoms with Crippen LogP contribution in [-0.4, -0.2) is 0 Å². The Morgan fingerprint density at radius 2 is 2.16 bits per heavy atom. The van der Waals surface area contributed by atoms with Crippen LogP contribution in [0, 0.1) is 11.7 Å². The van der Waals surface area contributed by atoms with Crippen LogP contribution in [0.4, 0.5) is 4.39 Å². The number of allylic oxidation sites excluding steroid dienone is 1. The van der Waals surface area contributed by atoms with Gasteiger partial charge in [-0.05, 0) is 42.5 Å². The number of hydrogen-bond donors (Lipinski definition) is 1. The zero-order chi connectivity index (χ0) is 14.3. The van der Waals surface area contributed by atoms with Gasteiger partial charge in [-0.3, -0.25) is 0 Å². The zero-order valence-electron chi connectivity index (χ0n) is 11.3. The van der Waals surface area contributed by atoms with Crippen molar-refractivity contribution in [2.24, 2.45) is 5.92 Å². The minimum Gasteiger partial charge on any atom is -0.372 e. The van der Waals surface area contributed by atoms with Crippen molar-refractivity contribution in [1.29, 1.82) is 0 Å². The van der Waals surface area contributed by atoms with Gasteiger partial charge in [-0.25, -0.2) is 4.39 Å². The first-order valence-electron chi connectivity index (χ1n) is 6.61. The summed E-state index contributed by atoms with van der Waals surface area (Å²) in [5.74, 6) is 0.0884. The number of rotatable bonds is 7. The van der Waals surface area contributed by atoms with Gasteiger partial charge in [-0.15, -0.1) is 0 Å². The maximum absolute atomic E-state index is 13.3. The summed E-state index contributed by atoms with van der Waals surface area (Å²) in [5.41, 5.74) is 0.817. The molecule has 0 fully saturated rings. The molecule has 0 amide bonds. The summed E-state index contributed by atoms with van der Waals surface area (Å²) in [5, 5.41) is 3.84. The lowest BCUT2D eigenvalue weighted by Crippen LogP contribution is -2.10. The van der Waals surface area contributed by atoms with Gasteiger partial charge < -0.3 is 5.32 Å². The number of nitrogens with one attached hydrogen (secondary N) is 1. The molecule has 0 aromatic heterocycles. The van der Waals surface area contributed by atoms with Crippen molar-refractivity contribution in [3.8, 4) is 0 Å². The van der Waals surface area contributed by atoms with Gasteiger partial charge in [-0.1, -0.05) is 49.5 Å². The third kappa shape index (κ3) is 5.84. The molecule has 1 N–H and O–H groups in total. The molecule has 1 rings (SSSR count). The lowest BCUT2D eigenvalue weighted by atomic mass is 10.0. The summed E-state index contributed by atoms with van der Waals surface area (Å²) in [6, 6.07) is 4.76. The highest BCUT2D eigenvalue weighted by molar-refractivity contribution is 6.30. The monoisotopic (exact) mass is 303 g/mol. The van der Waals surface area contributed by atoms with Crippen LogP contribution in [0.2, 0.25) is 5.02 Å². The number of benzene rings is 1. The fourth-order valence-electron chi connectivity index (χ4n) is 1.88. The molecule has 0 saturated carbocycles. The van der Waals surface area contributed by atoms with E-state index in [0.29, 0.717) is 17.6 Å². The first-order valence-corrected chi connectivity index (χ1v) is 7.37. The highest BCUT2D eigenvalue weighted by atomic mass is 35.5. The molecule has 1 unspecified atom stereocenters. The third-order valence-corrected chi connectivity index (χ3v) is 3.58. The van der Waals surface area contributed by atoms with Gasteiger partial charge in [-0.2, -0.15) is 0 Å². The standard InChI is InChI=1S/C15H20Cl2FN/c1-3-5-11(4-2)9-15(17)19-10-12-6-7-13(16)14(18)8-12/h6-9,11,19H,3-5,10H2,1-2H3/b15-9-. The van der Waals surface area contributed by atoms with Crippen LogP contribution in [0.25, 0.3) is 0 Å². The van der Waals surface area contributed by atoms with Crippen LogP contribution in [-0.2, 0) is 6.54 Å². The summed E-state index contributed by atoms with van der Waals surface area (Å²) < 4.78 is 13.3. The molecule has 0 bridgehead atoms. The molecule has 106 valence electrons. The SMILES string of the molecule is CCCC(/C=C(/Cl)NCc1ccc(Cl)c(F)c1)CC. The summed E-state index contributed by atoms with van der Waals surface area (Å²) in [4.78, 5) is 0. The molecule has 19 heavy (non-hydrogen) atoms. The Hall–Kier alpha value is -0.730. The van der Waals surface area contributed by atoms with Crippen molar-refractivity contribution >= 4 is 23.2 Å². The summed E-state index contributed by atoms with van der Waals surface area (Å²) in [6.45, 7) is 4.80. The van der Waals surface area contributed by atoms with E-state index in [0.717, 1.165) is 24.8 Å². The van der Waals surface area contributed by atoms with Gasteiger partial charge >= 0.3 is 0 Å². The minimum atomic E-state index is -0.404. The van der Waals surface area contributed by atoms with Crippen molar-refractivity contribution in [2.45, 2.75) is 39.7 Å². The Bertz CT molecular complexity index is 432. The maximum Gasteiger partial charge on any atom is 0.142 e. The Labute approximate surface area is 124 Å². The van der Waals surface area contributed by atoms with Crippen molar-refractivity contribution in [3.05, 3.63) is 45.8 Å². The molecular weight excluding hydrogens is 284 g/mol. The van der Waals surface area contributed by atoms with E-state index in [-0.39, 0.29) is 5.02 Å². The normalized spacial score (nSPS) is 13.4. The molecule has 0 aliphatic carbocycles. The third-order valence-electron chi connectivity index (χ3n) is 3.01. The molecule has 0 spiro atoms. The molecule has 1 aromatic carbocycles. The van der Waals surface area contributed by atoms with Gasteiger partial charge in [0.2, 0.25) is 0 Å². The Morgan fingerprint density at radius 3 is 2.74 bits per heavy atom. The van der Waals surface area contributed by atoms with Crippen LogP contribution in [0.5, 0.6) is 0 Å². The molecule has 1 aromatic rings. The van der Waals surface area contributed by atoms with Crippen LogP contribution >= 0.6 is 23.2 Å². The lowest BCUT2D eigenvalue weighted by Gasteiger charge is -2.11. The summed E-state index contributed by atoms with van der Waals surface area (Å²) in [6.07, 6.45) is 5.38. The van der Waals surface area contributed by atoms with Crippen LogP contribution in [0.15, 0.2) is 29.4 Å². The van der Waals surface area contributed by atoms with E-state index < -0.39 is 5.82 Å². The highest BCUT2D eigenvalue weighted by Crippen LogP contribution is 2.17. The Morgan fingerprint density at radius 1 is 1.42 bits per heavy atom. The van der Waals surface area contributed by atoms with Gasteiger partial charge in [0, 0.05) is 6.54 Å². The molecule has 0 saturated heterocycles. The first-order chi connectivity index (χ1) is 9.06. The Balaban J connectivity index is 2.55. The molecule has 1 nitrogen and oxygen atoms in total. The number of hydrogen-bond acceptors (Lipinski definition) is 1. The highest BCUT2D eigenvalue weighted by Gasteiger charge is 2.04. The van der Waals surface area contributed by atoms with Gasteiger partial charge in [0.15, 0.2) is 0 Å². The van der Waals surface area contributed by atoms with E-state index in [2.05, 4.69) is 19.2 Å². The Kier molecular flexibility index (Phi) is 7.25. The molecular formula is C15H20Cl2FN. The molecule has 0 aliphatic heterocycles. The molecule has 0 aliphatic rings. The van der Waals surface area contributed by atoms with Crippen molar-refractivity contribution in [3.63, 3.8) is 0 Å². The largest absolute Gasteiger partial charge is 0.372 e. The second-order valence-electron chi connectivity index (χ2n) is 4.57. The molecule has 0 heterocycles. The summed E-state index contributed by atoms with van der Waals surface area (Å²) in [7, 11) is 0. The molecule has 0 radical (unpaired) electrons. The molecule has 4 heteroatoms. The van der Waals surface area contributed by atoms with Gasteiger partial charge in [0.05, 0.1) is 10.2 Å². The second kappa shape index (κ2) is 8.44. The second-order valence-corrected chi connectivity index (χ2v) is 5.39. The van der Waals surface area contributed by atoms with E-state index in [9.17, 15) is 4.39 Å². The first kappa shape index (κ1) is 16.3. The predicted octanol–water partition coefficient (Wildman–Crippen LogP) is 5.48. The fourth-order valence-corrected chi connectivity index (χ4v) is 2.24. The topological polar surface area (TPSA) is 12.0 Å². The zero-order valence-corrected chi connectivity index (χ0v) is 12.9. The average Bonchev–Trinajstić information content (AvgIpc) is 2.39. The van der Waals surface area contributed by atoms with E-state index in [1.165, 1.54) is 6.07 Å². The predicted molar refractivity (Wildman–Crippen MR) is 80.9 cm³/mol. The maximum atomic E-state index is 13.3. The van der Waals surface area contributed by atoms with E-state index in [4.69, 9.17) is 23.2 Å². The fraction of sp³-hybridized carbons (Fsp3) is 0.467. The summed E-state index contributed by atoms with van der Waals surface area (Å²) >= 11 is 11.8. The van der Waals surface area contributed by atoms with Crippen LogP contribution in [0.3, 0.4) is 0 Å². The van der Waals surface area contributed by atoms with Gasteiger partial charge in [0.25, 0.3) is 0 Å². The van der Waals surface area contributed by atoms with E-state index in [1.807, 2.05) is 6.08 Å². The van der Waals surface area contributed by atoms with Crippen LogP contribution < -0.4 is 5.32 Å². The lowest BCUT2D eigenvalue weighted by molar-refractivity contribution is 0.558. The van der Waals surface area contributed by atoms with E-state index >= 15 is 0 Å². The van der Waals surface area contributed by atoms with Crippen molar-refractivity contribution in [2.75, 3.05) is 0 Å². The van der Waals surface area contributed by atoms with E-state index in [1.54, 1.807) is 12.1 Å². The van der Waals surface area contributed by atoms with Gasteiger partial charge in [0.1, 0.15) is 5.82 Å². The number of halogens is 3. The smallest absolute Gasteiger partial charge is 0.142 e. The molecule has 1 atom stereocenters. The van der Waals surface area contributed by atoms with Crippen molar-refractivity contribution < 1.29 is 4.39 Å². The quantitative estimate of drug-likeness (QED) is 0.658. The van der Waals surface area contributed by atoms with Crippen molar-refractivity contribution in [1.82, 2.24) is 5.32 Å². The van der Waals surface area contributed by atoms with Crippen LogP contribution in [0.1, 0.15) is 38.7 Å². The average molecular weight is 304 g/mol.